The van der Waals surface area contributed by atoms with Crippen molar-refractivity contribution in [1.82, 2.24) is 24.7 Å². The summed E-state index contributed by atoms with van der Waals surface area (Å²) in [5.41, 5.74) is -0.300. The predicted molar refractivity (Wildman–Crippen MR) is 105 cm³/mol. The van der Waals surface area contributed by atoms with Gasteiger partial charge in [-0.2, -0.15) is 5.10 Å². The minimum absolute atomic E-state index is 0.0344. The van der Waals surface area contributed by atoms with Crippen LogP contribution in [0, 0.1) is 5.82 Å². The van der Waals surface area contributed by atoms with E-state index in [0.717, 1.165) is 0 Å². The Morgan fingerprint density at radius 1 is 1.16 bits per heavy atom. The second-order valence-electron chi connectivity index (χ2n) is 6.55. The highest BCUT2D eigenvalue weighted by Crippen LogP contribution is 2.31. The molecule has 0 fully saturated rings. The summed E-state index contributed by atoms with van der Waals surface area (Å²) in [5, 5.41) is 13.4. The summed E-state index contributed by atoms with van der Waals surface area (Å²) in [6.45, 7) is 0.0344. The number of aromatic nitrogens is 5. The van der Waals surface area contributed by atoms with E-state index < -0.39 is 35.5 Å². The maximum atomic E-state index is 14.1. The Morgan fingerprint density at radius 2 is 1.94 bits per heavy atom. The van der Waals surface area contributed by atoms with Gasteiger partial charge >= 0.3 is 5.97 Å². The largest absolute Gasteiger partial charge is 0.481 e. The van der Waals surface area contributed by atoms with E-state index in [4.69, 9.17) is 16.7 Å². The quantitative estimate of drug-likeness (QED) is 0.443. The van der Waals surface area contributed by atoms with Crippen LogP contribution in [0.15, 0.2) is 42.6 Å². The number of fused-ring (bicyclic) bond motifs is 1. The first kappa shape index (κ1) is 20.7. The molecule has 4 aromatic rings. The molecule has 0 aliphatic carbocycles. The Morgan fingerprint density at radius 3 is 2.65 bits per heavy atom. The van der Waals surface area contributed by atoms with Gasteiger partial charge in [-0.3, -0.25) is 4.79 Å². The summed E-state index contributed by atoms with van der Waals surface area (Å²) < 4.78 is 42.7. The van der Waals surface area contributed by atoms with E-state index in [1.54, 1.807) is 30.3 Å². The SMILES string of the molecule is O=C(O)Cc1c(Cl)nc(-c2nn(Cc3ccccc3F)c3ncccc23)nc1C(F)F. The summed E-state index contributed by atoms with van der Waals surface area (Å²) in [6.07, 6.45) is -2.30. The average molecular weight is 448 g/mol. The summed E-state index contributed by atoms with van der Waals surface area (Å²) in [4.78, 5) is 23.1. The second-order valence-corrected chi connectivity index (χ2v) is 6.90. The van der Waals surface area contributed by atoms with Crippen molar-refractivity contribution in [3.05, 3.63) is 70.4 Å². The first-order chi connectivity index (χ1) is 14.8. The summed E-state index contributed by atoms with van der Waals surface area (Å²) in [7, 11) is 0. The van der Waals surface area contributed by atoms with E-state index in [0.29, 0.717) is 16.6 Å². The third-order valence-electron chi connectivity index (χ3n) is 4.52. The molecule has 1 N–H and O–H groups in total. The van der Waals surface area contributed by atoms with Crippen molar-refractivity contribution in [3.63, 3.8) is 0 Å². The van der Waals surface area contributed by atoms with Crippen LogP contribution in [0.5, 0.6) is 0 Å². The fraction of sp³-hybridized carbons (Fsp3) is 0.150. The van der Waals surface area contributed by atoms with E-state index in [9.17, 15) is 18.0 Å². The molecular formula is C20H13ClF3N5O2. The Bertz CT molecular complexity index is 1300. The molecular weight excluding hydrogens is 435 g/mol. The first-order valence-electron chi connectivity index (χ1n) is 8.96. The molecule has 0 aliphatic rings. The Balaban J connectivity index is 1.87. The minimum Gasteiger partial charge on any atom is -0.481 e. The molecule has 158 valence electrons. The van der Waals surface area contributed by atoms with Gasteiger partial charge in [0.05, 0.1) is 18.4 Å². The van der Waals surface area contributed by atoms with Gasteiger partial charge in [-0.1, -0.05) is 29.8 Å². The summed E-state index contributed by atoms with van der Waals surface area (Å²) in [5.74, 6) is -1.98. The Kier molecular flexibility index (Phi) is 5.55. The molecule has 0 atom stereocenters. The van der Waals surface area contributed by atoms with Crippen LogP contribution in [0.4, 0.5) is 13.2 Å². The molecule has 0 saturated heterocycles. The summed E-state index contributed by atoms with van der Waals surface area (Å²) >= 11 is 6.03. The zero-order valence-electron chi connectivity index (χ0n) is 15.6. The molecule has 3 aromatic heterocycles. The molecule has 11 heteroatoms. The van der Waals surface area contributed by atoms with Gasteiger partial charge in [-0.25, -0.2) is 32.8 Å². The fourth-order valence-corrected chi connectivity index (χ4v) is 3.39. The van der Waals surface area contributed by atoms with E-state index in [2.05, 4.69) is 20.1 Å². The molecule has 0 bridgehead atoms. The number of nitrogens with zero attached hydrogens (tertiary/aromatic N) is 5. The lowest BCUT2D eigenvalue weighted by molar-refractivity contribution is -0.136. The van der Waals surface area contributed by atoms with Crippen LogP contribution in [-0.4, -0.2) is 35.8 Å². The van der Waals surface area contributed by atoms with Crippen molar-refractivity contribution in [2.45, 2.75) is 19.4 Å². The van der Waals surface area contributed by atoms with Crippen LogP contribution >= 0.6 is 11.6 Å². The lowest BCUT2D eigenvalue weighted by atomic mass is 10.1. The number of carboxylic acid groups (broad SMARTS) is 1. The number of halogens is 4. The highest BCUT2D eigenvalue weighted by Gasteiger charge is 2.25. The van der Waals surface area contributed by atoms with Crippen molar-refractivity contribution in [3.8, 4) is 11.5 Å². The van der Waals surface area contributed by atoms with Crippen LogP contribution in [0.2, 0.25) is 5.15 Å². The second kappa shape index (κ2) is 8.31. The summed E-state index contributed by atoms with van der Waals surface area (Å²) in [6, 6.07) is 9.41. The van der Waals surface area contributed by atoms with E-state index >= 15 is 0 Å². The third-order valence-corrected chi connectivity index (χ3v) is 4.83. The number of alkyl halides is 2. The van der Waals surface area contributed by atoms with Gasteiger partial charge in [0.25, 0.3) is 6.43 Å². The average Bonchev–Trinajstić information content (AvgIpc) is 3.09. The van der Waals surface area contributed by atoms with E-state index in [1.807, 2.05) is 0 Å². The number of aliphatic carboxylic acids is 1. The van der Waals surface area contributed by atoms with Gasteiger partial charge in [0, 0.05) is 17.3 Å². The van der Waals surface area contributed by atoms with Gasteiger partial charge in [0.15, 0.2) is 11.5 Å². The molecule has 0 aliphatic heterocycles. The normalized spacial score (nSPS) is 11.4. The smallest absolute Gasteiger partial charge is 0.308 e. The van der Waals surface area contributed by atoms with Crippen molar-refractivity contribution >= 4 is 28.6 Å². The number of hydrogen-bond acceptors (Lipinski definition) is 5. The van der Waals surface area contributed by atoms with Crippen LogP contribution in [0.3, 0.4) is 0 Å². The van der Waals surface area contributed by atoms with Gasteiger partial charge in [0.1, 0.15) is 22.4 Å². The number of carbonyl (C=O) groups is 1. The number of carboxylic acids is 1. The zero-order valence-corrected chi connectivity index (χ0v) is 16.4. The molecule has 4 rings (SSSR count). The van der Waals surface area contributed by atoms with E-state index in [-0.39, 0.29) is 23.6 Å². The molecule has 0 spiro atoms. The van der Waals surface area contributed by atoms with Crippen molar-refractivity contribution in [2.24, 2.45) is 0 Å². The number of hydrogen-bond donors (Lipinski definition) is 1. The molecule has 1 aromatic carbocycles. The number of benzene rings is 1. The zero-order chi connectivity index (χ0) is 22.1. The minimum atomic E-state index is -3.07. The van der Waals surface area contributed by atoms with Crippen LogP contribution < -0.4 is 0 Å². The number of pyridine rings is 1. The number of rotatable bonds is 6. The topological polar surface area (TPSA) is 93.8 Å². The van der Waals surface area contributed by atoms with Crippen molar-refractivity contribution in [1.29, 1.82) is 0 Å². The highest BCUT2D eigenvalue weighted by molar-refractivity contribution is 6.30. The Labute approximate surface area is 178 Å². The van der Waals surface area contributed by atoms with Crippen LogP contribution in [0.1, 0.15) is 23.2 Å². The standard InChI is InChI=1S/C20H13ClF3N5O2/c21-17-12(8-14(30)31)15(18(23)24)26-19(27-17)16-11-5-3-7-25-20(11)29(28-16)9-10-4-1-2-6-13(10)22/h1-7,18H,8-9H2,(H,30,31). The van der Waals surface area contributed by atoms with Gasteiger partial charge in [-0.05, 0) is 18.2 Å². The molecule has 31 heavy (non-hydrogen) atoms. The monoisotopic (exact) mass is 447 g/mol. The molecule has 0 amide bonds. The van der Waals surface area contributed by atoms with Crippen molar-refractivity contribution in [2.75, 3.05) is 0 Å². The predicted octanol–water partition coefficient (Wildman–Crippen LogP) is 4.29. The van der Waals surface area contributed by atoms with Crippen molar-refractivity contribution < 1.29 is 23.1 Å². The molecule has 0 radical (unpaired) electrons. The molecule has 0 saturated carbocycles. The third kappa shape index (κ3) is 4.06. The Hall–Kier alpha value is -3.53. The maximum absolute atomic E-state index is 14.1. The lowest BCUT2D eigenvalue weighted by Gasteiger charge is -2.09. The van der Waals surface area contributed by atoms with Crippen LogP contribution in [0.25, 0.3) is 22.6 Å². The van der Waals surface area contributed by atoms with E-state index in [1.165, 1.54) is 16.9 Å². The molecule has 7 nitrogen and oxygen atoms in total. The fourth-order valence-electron chi connectivity index (χ4n) is 3.15. The maximum Gasteiger partial charge on any atom is 0.308 e. The van der Waals surface area contributed by atoms with Gasteiger partial charge in [0.2, 0.25) is 0 Å². The molecule has 3 heterocycles. The van der Waals surface area contributed by atoms with Gasteiger partial charge < -0.3 is 5.11 Å². The van der Waals surface area contributed by atoms with Gasteiger partial charge in [-0.15, -0.1) is 0 Å². The van der Waals surface area contributed by atoms with Crippen LogP contribution in [-0.2, 0) is 17.8 Å². The molecule has 0 unspecified atom stereocenters. The lowest BCUT2D eigenvalue weighted by Crippen LogP contribution is -2.10. The first-order valence-corrected chi connectivity index (χ1v) is 9.34. The highest BCUT2D eigenvalue weighted by atomic mass is 35.5.